The van der Waals surface area contributed by atoms with Gasteiger partial charge in [0.15, 0.2) is 0 Å². The van der Waals surface area contributed by atoms with Gasteiger partial charge < -0.3 is 5.32 Å². The van der Waals surface area contributed by atoms with Crippen LogP contribution in [-0.2, 0) is 0 Å². The first kappa shape index (κ1) is 14.7. The largest absolute Gasteiger partial charge is 0.309 e. The average molecular weight is 406 g/mol. The first-order chi connectivity index (χ1) is 10.2. The second kappa shape index (κ2) is 6.26. The topological polar surface area (TPSA) is 24.9 Å². The first-order valence-corrected chi connectivity index (χ1v) is 8.24. The van der Waals surface area contributed by atoms with Gasteiger partial charge in [-0.2, -0.15) is 0 Å². The fraction of sp³-hybridized carbons (Fsp3) is 0.118. The fourth-order valence-corrected chi connectivity index (χ4v) is 3.47. The number of fused-ring (bicyclic) bond motifs is 1. The van der Waals surface area contributed by atoms with Crippen molar-refractivity contribution in [2.24, 2.45) is 0 Å². The third-order valence-electron chi connectivity index (χ3n) is 3.58. The van der Waals surface area contributed by atoms with Crippen molar-refractivity contribution in [1.29, 1.82) is 0 Å². The van der Waals surface area contributed by atoms with E-state index in [-0.39, 0.29) is 6.04 Å². The molecule has 0 saturated heterocycles. The maximum atomic E-state index is 4.21. The Balaban J connectivity index is 2.21. The number of rotatable bonds is 3. The molecule has 0 amide bonds. The molecule has 1 atom stereocenters. The highest BCUT2D eigenvalue weighted by Gasteiger charge is 2.17. The Bertz CT molecular complexity index is 781. The lowest BCUT2D eigenvalue weighted by atomic mass is 9.94. The van der Waals surface area contributed by atoms with E-state index in [1.165, 1.54) is 16.5 Å². The monoisotopic (exact) mass is 404 g/mol. The van der Waals surface area contributed by atoms with Gasteiger partial charge in [0.1, 0.15) is 0 Å². The molecule has 0 bridgehead atoms. The Labute approximate surface area is 140 Å². The fourth-order valence-electron chi connectivity index (χ4n) is 2.61. The van der Waals surface area contributed by atoms with E-state index in [2.05, 4.69) is 78.6 Å². The number of nitrogens with one attached hydrogen (secondary N) is 1. The zero-order chi connectivity index (χ0) is 14.8. The van der Waals surface area contributed by atoms with Gasteiger partial charge in [-0.1, -0.05) is 50.1 Å². The normalized spacial score (nSPS) is 12.5. The second-order valence-electron chi connectivity index (χ2n) is 4.83. The molecule has 1 N–H and O–H groups in total. The van der Waals surface area contributed by atoms with Gasteiger partial charge in [0.05, 0.1) is 6.04 Å². The summed E-state index contributed by atoms with van der Waals surface area (Å²) in [4.78, 5) is 4.21. The lowest BCUT2D eigenvalue weighted by molar-refractivity contribution is 0.693. The molecular weight excluding hydrogens is 392 g/mol. The van der Waals surface area contributed by atoms with Crippen molar-refractivity contribution in [3.05, 3.63) is 74.9 Å². The van der Waals surface area contributed by atoms with Crippen LogP contribution in [0.2, 0.25) is 0 Å². The van der Waals surface area contributed by atoms with Crippen molar-refractivity contribution < 1.29 is 0 Å². The molecule has 0 fully saturated rings. The highest BCUT2D eigenvalue weighted by atomic mass is 79.9. The number of benzene rings is 2. The van der Waals surface area contributed by atoms with Crippen LogP contribution in [-0.4, -0.2) is 12.0 Å². The lowest BCUT2D eigenvalue weighted by Gasteiger charge is -2.21. The van der Waals surface area contributed by atoms with Gasteiger partial charge in [-0.15, -0.1) is 0 Å². The van der Waals surface area contributed by atoms with Crippen molar-refractivity contribution in [3.8, 4) is 0 Å². The number of nitrogens with zero attached hydrogens (tertiary/aromatic N) is 1. The van der Waals surface area contributed by atoms with Gasteiger partial charge in [0, 0.05) is 26.7 Å². The summed E-state index contributed by atoms with van der Waals surface area (Å²) in [6.07, 6.45) is 3.75. The molecule has 4 heteroatoms. The summed E-state index contributed by atoms with van der Waals surface area (Å²) < 4.78 is 2.17. The van der Waals surface area contributed by atoms with Gasteiger partial charge in [-0.25, -0.2) is 0 Å². The van der Waals surface area contributed by atoms with Crippen LogP contribution in [0.1, 0.15) is 17.2 Å². The van der Waals surface area contributed by atoms with Gasteiger partial charge in [0.2, 0.25) is 0 Å². The zero-order valence-electron chi connectivity index (χ0n) is 11.5. The number of hydrogen-bond donors (Lipinski definition) is 1. The van der Waals surface area contributed by atoms with E-state index in [1.54, 1.807) is 0 Å². The quantitative estimate of drug-likeness (QED) is 0.657. The predicted octanol–water partition coefficient (Wildman–Crippen LogP) is 5.07. The van der Waals surface area contributed by atoms with Crippen molar-refractivity contribution in [2.75, 3.05) is 7.05 Å². The zero-order valence-corrected chi connectivity index (χ0v) is 14.6. The Morgan fingerprint density at radius 1 is 1.05 bits per heavy atom. The van der Waals surface area contributed by atoms with Crippen LogP contribution >= 0.6 is 31.9 Å². The molecule has 0 aliphatic carbocycles. The third kappa shape index (κ3) is 2.89. The molecule has 21 heavy (non-hydrogen) atoms. The van der Waals surface area contributed by atoms with E-state index in [0.717, 1.165) is 14.3 Å². The highest BCUT2D eigenvalue weighted by molar-refractivity contribution is 9.11. The van der Waals surface area contributed by atoms with Gasteiger partial charge in [0.25, 0.3) is 0 Å². The number of hydrogen-bond acceptors (Lipinski definition) is 2. The molecule has 2 aromatic carbocycles. The standard InChI is InChI=1S/C17H14Br2N2/c1-20-17(15-9-12(18)5-6-16(15)19)14-4-2-3-11-10-21-8-7-13(11)14/h2-10,17,20H,1H3. The van der Waals surface area contributed by atoms with E-state index in [0.29, 0.717) is 0 Å². The molecule has 2 nitrogen and oxygen atoms in total. The Kier molecular flexibility index (Phi) is 4.38. The Hall–Kier alpha value is -1.23. The van der Waals surface area contributed by atoms with Crippen LogP contribution in [0.5, 0.6) is 0 Å². The molecule has 1 heterocycles. The molecule has 0 aliphatic rings. The lowest BCUT2D eigenvalue weighted by Crippen LogP contribution is -2.18. The molecule has 3 aromatic rings. The highest BCUT2D eigenvalue weighted by Crippen LogP contribution is 2.33. The summed E-state index contributed by atoms with van der Waals surface area (Å²) in [6, 6.07) is 14.8. The van der Waals surface area contributed by atoms with Gasteiger partial charge in [-0.05, 0) is 47.8 Å². The van der Waals surface area contributed by atoms with Crippen molar-refractivity contribution in [1.82, 2.24) is 10.3 Å². The second-order valence-corrected chi connectivity index (χ2v) is 6.60. The maximum Gasteiger partial charge on any atom is 0.0591 e. The summed E-state index contributed by atoms with van der Waals surface area (Å²) in [6.45, 7) is 0. The minimum atomic E-state index is 0.114. The molecule has 3 rings (SSSR count). The van der Waals surface area contributed by atoms with Gasteiger partial charge >= 0.3 is 0 Å². The Morgan fingerprint density at radius 3 is 2.71 bits per heavy atom. The molecule has 106 valence electrons. The van der Waals surface area contributed by atoms with Crippen molar-refractivity contribution >= 4 is 42.6 Å². The summed E-state index contributed by atoms with van der Waals surface area (Å²) in [5.41, 5.74) is 2.45. The molecule has 1 aromatic heterocycles. The Morgan fingerprint density at radius 2 is 1.90 bits per heavy atom. The summed E-state index contributed by atoms with van der Waals surface area (Å²) in [5, 5.41) is 5.80. The number of aromatic nitrogens is 1. The summed E-state index contributed by atoms with van der Waals surface area (Å²) >= 11 is 7.22. The van der Waals surface area contributed by atoms with Crippen LogP contribution < -0.4 is 5.32 Å². The average Bonchev–Trinajstić information content (AvgIpc) is 2.51. The summed E-state index contributed by atoms with van der Waals surface area (Å²) in [7, 11) is 1.98. The van der Waals surface area contributed by atoms with Gasteiger partial charge in [-0.3, -0.25) is 4.98 Å². The van der Waals surface area contributed by atoms with Crippen molar-refractivity contribution in [2.45, 2.75) is 6.04 Å². The number of halogens is 2. The molecule has 1 unspecified atom stereocenters. The van der Waals surface area contributed by atoms with E-state index in [1.807, 2.05) is 25.5 Å². The van der Waals surface area contributed by atoms with E-state index in [9.17, 15) is 0 Å². The van der Waals surface area contributed by atoms with Crippen LogP contribution in [0, 0.1) is 0 Å². The molecule has 0 radical (unpaired) electrons. The molecule has 0 saturated carbocycles. The van der Waals surface area contributed by atoms with Crippen LogP contribution in [0.3, 0.4) is 0 Å². The predicted molar refractivity (Wildman–Crippen MR) is 94.5 cm³/mol. The molecule has 0 aliphatic heterocycles. The smallest absolute Gasteiger partial charge is 0.0591 e. The third-order valence-corrected chi connectivity index (χ3v) is 4.80. The van der Waals surface area contributed by atoms with E-state index >= 15 is 0 Å². The molecule has 0 spiro atoms. The minimum absolute atomic E-state index is 0.114. The van der Waals surface area contributed by atoms with E-state index in [4.69, 9.17) is 0 Å². The van der Waals surface area contributed by atoms with Crippen LogP contribution in [0.25, 0.3) is 10.8 Å². The maximum absolute atomic E-state index is 4.21. The molecular formula is C17H14Br2N2. The number of pyridine rings is 1. The first-order valence-electron chi connectivity index (χ1n) is 6.65. The van der Waals surface area contributed by atoms with Crippen LogP contribution in [0.15, 0.2) is 63.8 Å². The minimum Gasteiger partial charge on any atom is -0.309 e. The SMILES string of the molecule is CNC(c1cc(Br)ccc1Br)c1cccc2cnccc12. The van der Waals surface area contributed by atoms with E-state index < -0.39 is 0 Å². The van der Waals surface area contributed by atoms with Crippen LogP contribution in [0.4, 0.5) is 0 Å². The summed E-state index contributed by atoms with van der Waals surface area (Å²) in [5.74, 6) is 0. The van der Waals surface area contributed by atoms with Crippen molar-refractivity contribution in [3.63, 3.8) is 0 Å².